The zero-order valence-corrected chi connectivity index (χ0v) is 20.0. The number of nitrogens with zero attached hydrogens (tertiary/aromatic N) is 2. The Hall–Kier alpha value is -3.53. The van der Waals surface area contributed by atoms with Crippen LogP contribution in [0.4, 0.5) is 0 Å². The van der Waals surface area contributed by atoms with Gasteiger partial charge in [0, 0.05) is 18.9 Å². The molecule has 0 amide bonds. The van der Waals surface area contributed by atoms with Crippen LogP contribution in [-0.4, -0.2) is 9.13 Å². The summed E-state index contributed by atoms with van der Waals surface area (Å²) in [5.74, 6) is 2.46. The first-order valence-electron chi connectivity index (χ1n) is 11.7. The Morgan fingerprint density at radius 1 is 0.758 bits per heavy atom. The van der Waals surface area contributed by atoms with E-state index in [-0.39, 0.29) is 0 Å². The number of benzene rings is 3. The standard InChI is InChI=1S/C29H33N3O/c1-21(2)25-14-10-15-26(22(3)4)28(25)32-20-19-31(29(32)30)18-17-23-11-8-9-16-27(23)33-24-12-6-5-7-13-24/h5-16,19-22,30H,17-18H2,1-4H3. The molecule has 0 aliphatic carbocycles. The second kappa shape index (κ2) is 9.95. The fourth-order valence-corrected chi connectivity index (χ4v) is 4.24. The van der Waals surface area contributed by atoms with Crippen LogP contribution in [0.3, 0.4) is 0 Å². The molecule has 0 spiro atoms. The van der Waals surface area contributed by atoms with Crippen molar-refractivity contribution in [1.82, 2.24) is 9.13 Å². The molecule has 0 atom stereocenters. The molecule has 4 nitrogen and oxygen atoms in total. The Morgan fingerprint density at radius 2 is 1.39 bits per heavy atom. The van der Waals surface area contributed by atoms with Crippen LogP contribution in [0, 0.1) is 5.41 Å². The molecule has 3 aromatic carbocycles. The first-order chi connectivity index (χ1) is 16.0. The highest BCUT2D eigenvalue weighted by Crippen LogP contribution is 2.30. The van der Waals surface area contributed by atoms with Crippen LogP contribution in [0.5, 0.6) is 11.5 Å². The Morgan fingerprint density at radius 3 is 2.06 bits per heavy atom. The van der Waals surface area contributed by atoms with Gasteiger partial charge in [-0.3, -0.25) is 9.98 Å². The fourth-order valence-electron chi connectivity index (χ4n) is 4.24. The lowest BCUT2D eigenvalue weighted by atomic mass is 9.92. The number of aromatic nitrogens is 2. The molecule has 1 aromatic heterocycles. The summed E-state index contributed by atoms with van der Waals surface area (Å²) < 4.78 is 10.2. The number of ether oxygens (including phenoxy) is 1. The molecule has 1 heterocycles. The minimum Gasteiger partial charge on any atom is -0.457 e. The smallest absolute Gasteiger partial charge is 0.206 e. The normalized spacial score (nSPS) is 11.3. The Balaban J connectivity index is 1.61. The number of aryl methyl sites for hydroxylation is 2. The monoisotopic (exact) mass is 439 g/mol. The van der Waals surface area contributed by atoms with Gasteiger partial charge >= 0.3 is 0 Å². The number of imidazole rings is 1. The van der Waals surface area contributed by atoms with Gasteiger partial charge in [0.1, 0.15) is 11.5 Å². The highest BCUT2D eigenvalue weighted by Gasteiger charge is 2.17. The molecule has 0 unspecified atom stereocenters. The third-order valence-electron chi connectivity index (χ3n) is 6.04. The third-order valence-corrected chi connectivity index (χ3v) is 6.04. The van der Waals surface area contributed by atoms with Crippen LogP contribution >= 0.6 is 0 Å². The van der Waals surface area contributed by atoms with E-state index >= 15 is 0 Å². The van der Waals surface area contributed by atoms with Crippen molar-refractivity contribution in [1.29, 1.82) is 5.41 Å². The zero-order valence-electron chi connectivity index (χ0n) is 20.0. The van der Waals surface area contributed by atoms with Crippen LogP contribution in [0.15, 0.2) is 85.2 Å². The first kappa shape index (κ1) is 22.7. The molecule has 4 heteroatoms. The molecule has 0 fully saturated rings. The maximum atomic E-state index is 8.93. The van der Waals surface area contributed by atoms with Crippen molar-refractivity contribution in [3.8, 4) is 17.2 Å². The van der Waals surface area contributed by atoms with Gasteiger partial charge in [-0.1, -0.05) is 82.3 Å². The summed E-state index contributed by atoms with van der Waals surface area (Å²) in [7, 11) is 0. The largest absolute Gasteiger partial charge is 0.457 e. The predicted octanol–water partition coefficient (Wildman–Crippen LogP) is 7.04. The van der Waals surface area contributed by atoms with Crippen molar-refractivity contribution < 1.29 is 4.74 Å². The molecule has 4 aromatic rings. The van der Waals surface area contributed by atoms with E-state index in [0.717, 1.165) is 29.2 Å². The Labute approximate surface area is 196 Å². The molecule has 0 aliphatic rings. The van der Waals surface area contributed by atoms with E-state index in [0.29, 0.717) is 24.0 Å². The molecule has 1 N–H and O–H groups in total. The van der Waals surface area contributed by atoms with E-state index in [1.165, 1.54) is 11.1 Å². The minimum atomic E-state index is 0.385. The van der Waals surface area contributed by atoms with Gasteiger partial charge < -0.3 is 9.30 Å². The average molecular weight is 440 g/mol. The quantitative estimate of drug-likeness (QED) is 0.314. The minimum absolute atomic E-state index is 0.385. The van der Waals surface area contributed by atoms with Crippen molar-refractivity contribution >= 4 is 0 Å². The predicted molar refractivity (Wildman–Crippen MR) is 134 cm³/mol. The summed E-state index contributed by atoms with van der Waals surface area (Å²) in [6.07, 6.45) is 4.83. The SMILES string of the molecule is CC(C)c1cccc(C(C)C)c1-n1ccn(CCc2ccccc2Oc2ccccc2)c1=N. The van der Waals surface area contributed by atoms with Crippen LogP contribution in [-0.2, 0) is 13.0 Å². The number of nitrogens with one attached hydrogen (secondary N) is 1. The van der Waals surface area contributed by atoms with Crippen LogP contribution < -0.4 is 10.4 Å². The molecule has 0 saturated heterocycles. The fraction of sp³-hybridized carbons (Fsp3) is 0.276. The summed E-state index contributed by atoms with van der Waals surface area (Å²) >= 11 is 0. The molecule has 4 rings (SSSR count). The van der Waals surface area contributed by atoms with Crippen LogP contribution in [0.1, 0.15) is 56.2 Å². The van der Waals surface area contributed by atoms with E-state index in [4.69, 9.17) is 10.1 Å². The van der Waals surface area contributed by atoms with Crippen LogP contribution in [0.2, 0.25) is 0 Å². The van der Waals surface area contributed by atoms with E-state index in [2.05, 4.69) is 52.0 Å². The number of rotatable bonds is 8. The van der Waals surface area contributed by atoms with E-state index in [1.807, 2.05) is 70.1 Å². The highest BCUT2D eigenvalue weighted by molar-refractivity contribution is 5.51. The Kier molecular flexibility index (Phi) is 6.83. The van der Waals surface area contributed by atoms with Gasteiger partial charge in [-0.15, -0.1) is 0 Å². The summed E-state index contributed by atoms with van der Waals surface area (Å²) in [5, 5.41) is 8.93. The first-order valence-corrected chi connectivity index (χ1v) is 11.7. The van der Waals surface area contributed by atoms with E-state index in [9.17, 15) is 0 Å². The lowest BCUT2D eigenvalue weighted by molar-refractivity contribution is 0.473. The Bertz CT molecular complexity index is 1240. The maximum absolute atomic E-state index is 8.93. The van der Waals surface area contributed by atoms with Crippen molar-refractivity contribution in [2.45, 2.75) is 52.5 Å². The molecule has 170 valence electrons. The molecule has 0 bridgehead atoms. The molecule has 33 heavy (non-hydrogen) atoms. The third kappa shape index (κ3) is 4.95. The van der Waals surface area contributed by atoms with Crippen LogP contribution in [0.25, 0.3) is 5.69 Å². The van der Waals surface area contributed by atoms with E-state index < -0.39 is 0 Å². The van der Waals surface area contributed by atoms with Crippen molar-refractivity contribution in [2.75, 3.05) is 0 Å². The van der Waals surface area contributed by atoms with Gasteiger partial charge in [0.15, 0.2) is 0 Å². The second-order valence-corrected chi connectivity index (χ2v) is 9.05. The van der Waals surface area contributed by atoms with Gasteiger partial charge in [0.25, 0.3) is 0 Å². The molecular formula is C29H33N3O. The molecular weight excluding hydrogens is 406 g/mol. The van der Waals surface area contributed by atoms with Gasteiger partial charge in [0.05, 0.1) is 5.69 Å². The highest BCUT2D eigenvalue weighted by atomic mass is 16.5. The van der Waals surface area contributed by atoms with Crippen molar-refractivity contribution in [2.24, 2.45) is 0 Å². The summed E-state index contributed by atoms with van der Waals surface area (Å²) in [4.78, 5) is 0. The summed E-state index contributed by atoms with van der Waals surface area (Å²) in [6, 6.07) is 24.5. The maximum Gasteiger partial charge on any atom is 0.206 e. The second-order valence-electron chi connectivity index (χ2n) is 9.05. The summed E-state index contributed by atoms with van der Waals surface area (Å²) in [6.45, 7) is 9.57. The van der Waals surface area contributed by atoms with E-state index in [1.54, 1.807) is 0 Å². The number of para-hydroxylation sites is 3. The lowest BCUT2D eigenvalue weighted by Crippen LogP contribution is -2.25. The number of hydrogen-bond acceptors (Lipinski definition) is 2. The molecule has 0 saturated carbocycles. The van der Waals surface area contributed by atoms with Gasteiger partial charge in [-0.05, 0) is 53.1 Å². The van der Waals surface area contributed by atoms with Gasteiger partial charge in [-0.2, -0.15) is 0 Å². The number of hydrogen-bond donors (Lipinski definition) is 1. The van der Waals surface area contributed by atoms with Gasteiger partial charge in [-0.25, -0.2) is 0 Å². The zero-order chi connectivity index (χ0) is 23.4. The van der Waals surface area contributed by atoms with Crippen molar-refractivity contribution in [3.05, 3.63) is 107 Å². The van der Waals surface area contributed by atoms with Crippen molar-refractivity contribution in [3.63, 3.8) is 0 Å². The average Bonchev–Trinajstić information content (AvgIpc) is 3.18. The van der Waals surface area contributed by atoms with Gasteiger partial charge in [0.2, 0.25) is 5.62 Å². The topological polar surface area (TPSA) is 42.9 Å². The summed E-state index contributed by atoms with van der Waals surface area (Å²) in [5.41, 5.74) is 5.33. The lowest BCUT2D eigenvalue weighted by Gasteiger charge is -2.20. The molecule has 0 radical (unpaired) electrons. The molecule has 0 aliphatic heterocycles.